The first-order valence-electron chi connectivity index (χ1n) is 4.23. The molecule has 1 aromatic carbocycles. The van der Waals surface area contributed by atoms with E-state index in [0.717, 1.165) is 13.0 Å². The molecule has 0 spiro atoms. The lowest BCUT2D eigenvalue weighted by Gasteiger charge is -2.15. The van der Waals surface area contributed by atoms with Gasteiger partial charge in [0.1, 0.15) is 5.75 Å². The summed E-state index contributed by atoms with van der Waals surface area (Å²) in [5.74, 6) is -0.509. The van der Waals surface area contributed by atoms with Crippen LogP contribution in [0.15, 0.2) is 12.1 Å². The minimum Gasteiger partial charge on any atom is -0.496 e. The molecule has 0 aliphatic rings. The van der Waals surface area contributed by atoms with Crippen LogP contribution in [0.25, 0.3) is 0 Å². The van der Waals surface area contributed by atoms with Crippen LogP contribution < -0.4 is 4.74 Å². The number of hydrogen-bond donors (Lipinski definition) is 0. The third kappa shape index (κ3) is 2.47. The molecule has 0 radical (unpaired) electrons. The van der Waals surface area contributed by atoms with Gasteiger partial charge in [-0.3, -0.25) is 4.79 Å². The van der Waals surface area contributed by atoms with Gasteiger partial charge in [0.05, 0.1) is 16.2 Å². The number of Topliss-reactive ketones (excluding diaryl/α,β-unsaturated/α-hetero) is 1. The smallest absolute Gasteiger partial charge is 0.418 e. The van der Waals surface area contributed by atoms with E-state index in [2.05, 4.69) is 0 Å². The first kappa shape index (κ1) is 13.3. The second-order valence-corrected chi connectivity index (χ2v) is 4.14. The van der Waals surface area contributed by atoms with Crippen LogP contribution >= 0.6 is 22.6 Å². The number of carbonyl (C=O) groups is 1. The number of ether oxygens (including phenoxy) is 1. The van der Waals surface area contributed by atoms with Gasteiger partial charge in [-0.05, 0) is 41.6 Å². The molecule has 88 valence electrons. The highest BCUT2D eigenvalue weighted by Gasteiger charge is 2.38. The third-order valence-corrected chi connectivity index (χ3v) is 3.06. The molecular formula is C10H8F3IO2. The number of halogens is 4. The lowest BCUT2D eigenvalue weighted by Crippen LogP contribution is -2.14. The van der Waals surface area contributed by atoms with Crippen LogP contribution in [-0.2, 0) is 6.18 Å². The van der Waals surface area contributed by atoms with Crippen molar-refractivity contribution in [3.05, 3.63) is 26.8 Å². The first-order chi connectivity index (χ1) is 7.29. The molecule has 6 heteroatoms. The second kappa shape index (κ2) is 4.60. The first-order valence-corrected chi connectivity index (χ1v) is 5.31. The van der Waals surface area contributed by atoms with Gasteiger partial charge in [0.2, 0.25) is 0 Å². The number of methoxy groups -OCH3 is 1. The van der Waals surface area contributed by atoms with E-state index in [1.807, 2.05) is 0 Å². The summed E-state index contributed by atoms with van der Waals surface area (Å²) in [6, 6.07) is 2.49. The molecule has 0 atom stereocenters. The molecule has 0 heterocycles. The Morgan fingerprint density at radius 3 is 2.31 bits per heavy atom. The Kier molecular flexibility index (Phi) is 3.82. The molecule has 0 aromatic heterocycles. The highest BCUT2D eigenvalue weighted by atomic mass is 127. The SMILES string of the molecule is COc1ccc(C(C)=O)c(C(F)(F)F)c1I. The van der Waals surface area contributed by atoms with Crippen molar-refractivity contribution in [2.75, 3.05) is 7.11 Å². The van der Waals surface area contributed by atoms with Crippen LogP contribution in [0, 0.1) is 3.57 Å². The maximum absolute atomic E-state index is 12.8. The van der Waals surface area contributed by atoms with Crippen molar-refractivity contribution < 1.29 is 22.7 Å². The van der Waals surface area contributed by atoms with Crippen molar-refractivity contribution in [3.8, 4) is 5.75 Å². The van der Waals surface area contributed by atoms with Gasteiger partial charge < -0.3 is 4.74 Å². The Morgan fingerprint density at radius 2 is 1.94 bits per heavy atom. The zero-order valence-corrected chi connectivity index (χ0v) is 10.6. The van der Waals surface area contributed by atoms with Gasteiger partial charge in [-0.25, -0.2) is 0 Å². The lowest BCUT2D eigenvalue weighted by atomic mass is 10.0. The van der Waals surface area contributed by atoms with Crippen LogP contribution in [0.2, 0.25) is 0 Å². The molecule has 0 N–H and O–H groups in total. The van der Waals surface area contributed by atoms with E-state index in [-0.39, 0.29) is 14.9 Å². The number of carbonyl (C=O) groups excluding carboxylic acids is 1. The van der Waals surface area contributed by atoms with E-state index in [1.165, 1.54) is 35.8 Å². The van der Waals surface area contributed by atoms with Gasteiger partial charge >= 0.3 is 6.18 Å². The van der Waals surface area contributed by atoms with Crippen molar-refractivity contribution in [2.45, 2.75) is 13.1 Å². The van der Waals surface area contributed by atoms with Crippen molar-refractivity contribution in [3.63, 3.8) is 0 Å². The summed E-state index contributed by atoms with van der Waals surface area (Å²) in [6.45, 7) is 1.10. The van der Waals surface area contributed by atoms with Crippen molar-refractivity contribution in [1.29, 1.82) is 0 Å². The highest BCUT2D eigenvalue weighted by Crippen LogP contribution is 2.39. The van der Waals surface area contributed by atoms with Gasteiger partial charge in [-0.15, -0.1) is 0 Å². The highest BCUT2D eigenvalue weighted by molar-refractivity contribution is 14.1. The summed E-state index contributed by atoms with van der Waals surface area (Å²) in [6.07, 6.45) is -4.56. The standard InChI is InChI=1S/C10H8F3IO2/c1-5(15)6-3-4-7(16-2)9(14)8(6)10(11,12)13/h3-4H,1-2H3. The second-order valence-electron chi connectivity index (χ2n) is 3.06. The van der Waals surface area contributed by atoms with Gasteiger partial charge in [0.25, 0.3) is 0 Å². The van der Waals surface area contributed by atoms with Crippen LogP contribution in [0.3, 0.4) is 0 Å². The molecule has 2 nitrogen and oxygen atoms in total. The third-order valence-electron chi connectivity index (χ3n) is 1.99. The maximum atomic E-state index is 12.8. The Balaban J connectivity index is 3.56. The topological polar surface area (TPSA) is 26.3 Å². The van der Waals surface area contributed by atoms with Gasteiger partial charge in [0, 0.05) is 5.56 Å². The lowest BCUT2D eigenvalue weighted by molar-refractivity contribution is -0.138. The minimum absolute atomic E-state index is 0.0969. The fraction of sp³-hybridized carbons (Fsp3) is 0.300. The molecule has 0 bridgehead atoms. The Hall–Kier alpha value is -0.790. The fourth-order valence-corrected chi connectivity index (χ4v) is 2.28. The maximum Gasteiger partial charge on any atom is 0.418 e. The van der Waals surface area contributed by atoms with E-state index >= 15 is 0 Å². The van der Waals surface area contributed by atoms with E-state index in [9.17, 15) is 18.0 Å². The van der Waals surface area contributed by atoms with Crippen molar-refractivity contribution in [2.24, 2.45) is 0 Å². The normalized spacial score (nSPS) is 11.4. The predicted molar refractivity (Wildman–Crippen MR) is 60.7 cm³/mol. The summed E-state index contributed by atoms with van der Waals surface area (Å²) in [5.41, 5.74) is -1.27. The Labute approximate surface area is 104 Å². The Bertz CT molecular complexity index is 427. The molecule has 0 aliphatic heterocycles. The molecule has 0 unspecified atom stereocenters. The monoisotopic (exact) mass is 344 g/mol. The largest absolute Gasteiger partial charge is 0.496 e. The van der Waals surface area contributed by atoms with Crippen LogP contribution in [0.1, 0.15) is 22.8 Å². The number of benzene rings is 1. The summed E-state index contributed by atoms with van der Waals surface area (Å²) in [7, 11) is 1.28. The average Bonchev–Trinajstić information content (AvgIpc) is 2.14. The van der Waals surface area contributed by atoms with E-state index < -0.39 is 17.5 Å². The van der Waals surface area contributed by atoms with E-state index in [1.54, 1.807) is 0 Å². The van der Waals surface area contributed by atoms with E-state index in [0.29, 0.717) is 0 Å². The number of ketones is 1. The van der Waals surface area contributed by atoms with Gasteiger partial charge in [-0.2, -0.15) is 13.2 Å². The molecule has 16 heavy (non-hydrogen) atoms. The summed E-state index contributed by atoms with van der Waals surface area (Å²) >= 11 is 1.53. The zero-order valence-electron chi connectivity index (χ0n) is 8.48. The van der Waals surface area contributed by atoms with E-state index in [4.69, 9.17) is 4.74 Å². The van der Waals surface area contributed by atoms with Crippen molar-refractivity contribution in [1.82, 2.24) is 0 Å². The molecule has 0 amide bonds. The Morgan fingerprint density at radius 1 is 1.38 bits per heavy atom. The van der Waals surface area contributed by atoms with Gasteiger partial charge in [0.15, 0.2) is 5.78 Å². The number of alkyl halides is 3. The quantitative estimate of drug-likeness (QED) is 0.606. The van der Waals surface area contributed by atoms with Crippen molar-refractivity contribution >= 4 is 28.4 Å². The molecule has 0 fully saturated rings. The minimum atomic E-state index is -4.56. The molecule has 0 saturated heterocycles. The van der Waals surface area contributed by atoms with Crippen LogP contribution in [0.4, 0.5) is 13.2 Å². The van der Waals surface area contributed by atoms with Gasteiger partial charge in [-0.1, -0.05) is 0 Å². The number of hydrogen-bond acceptors (Lipinski definition) is 2. The summed E-state index contributed by atoms with van der Waals surface area (Å²) in [4.78, 5) is 11.1. The molecule has 0 saturated carbocycles. The van der Waals surface area contributed by atoms with Crippen LogP contribution in [-0.4, -0.2) is 12.9 Å². The number of rotatable bonds is 2. The average molecular weight is 344 g/mol. The molecule has 0 aliphatic carbocycles. The zero-order chi connectivity index (χ0) is 12.5. The molecule has 1 rings (SSSR count). The molecule has 1 aromatic rings. The fourth-order valence-electron chi connectivity index (χ4n) is 1.29. The summed E-state index contributed by atoms with van der Waals surface area (Å²) in [5, 5.41) is 0. The van der Waals surface area contributed by atoms with Crippen LogP contribution in [0.5, 0.6) is 5.75 Å². The molecular weight excluding hydrogens is 336 g/mol. The predicted octanol–water partition coefficient (Wildman–Crippen LogP) is 3.52. The summed E-state index contributed by atoms with van der Waals surface area (Å²) < 4.78 is 43.0.